The van der Waals surface area contributed by atoms with Gasteiger partial charge in [0.25, 0.3) is 0 Å². The second-order valence-electron chi connectivity index (χ2n) is 9.18. The van der Waals surface area contributed by atoms with Crippen molar-refractivity contribution in [3.8, 4) is 40.1 Å². The standard InChI is InChI=1S/C29H24O12/c30-16-6-1-14(2-7-16)3-10-22(35)40-28-24(36)20(34)13-38-29(28)41-27-25(37)23-19(33)11-18(32)12-21(23)39-26(27)15-4-8-17(31)9-5-15/h1-12,20,24,28-34,36H,13H2/b10-3+/t20-,24-,28+,29+/m1/s1. The molecule has 1 aromatic heterocycles. The number of aliphatic hydroxyl groups excluding tert-OH is 2. The van der Waals surface area contributed by atoms with Gasteiger partial charge in [-0.3, -0.25) is 4.79 Å². The fraction of sp³-hybridized carbons (Fsp3) is 0.172. The van der Waals surface area contributed by atoms with Crippen molar-refractivity contribution in [2.75, 3.05) is 6.61 Å². The lowest BCUT2D eigenvalue weighted by molar-refractivity contribution is -0.249. The molecule has 0 aliphatic carbocycles. The normalized spacial score (nSPS) is 20.7. The van der Waals surface area contributed by atoms with Gasteiger partial charge in [0.05, 0.1) is 6.61 Å². The van der Waals surface area contributed by atoms with Gasteiger partial charge in [-0.15, -0.1) is 0 Å². The molecule has 4 atom stereocenters. The van der Waals surface area contributed by atoms with Crippen molar-refractivity contribution in [2.45, 2.75) is 24.6 Å². The van der Waals surface area contributed by atoms with Crippen molar-refractivity contribution < 1.29 is 54.1 Å². The molecule has 212 valence electrons. The number of fused-ring (bicyclic) bond motifs is 1. The minimum absolute atomic E-state index is 0.0381. The Morgan fingerprint density at radius 2 is 1.56 bits per heavy atom. The van der Waals surface area contributed by atoms with Gasteiger partial charge in [0.2, 0.25) is 17.5 Å². The smallest absolute Gasteiger partial charge is 0.331 e. The van der Waals surface area contributed by atoms with Crippen LogP contribution in [-0.4, -0.2) is 67.8 Å². The molecular formula is C29H24O12. The molecule has 0 bridgehead atoms. The Hall–Kier alpha value is -5.04. The number of rotatable bonds is 6. The van der Waals surface area contributed by atoms with Crippen molar-refractivity contribution in [1.29, 1.82) is 0 Å². The van der Waals surface area contributed by atoms with Crippen LogP contribution < -0.4 is 10.2 Å². The SMILES string of the molecule is O=C(/C=C/c1ccc(O)cc1)O[C@@H]1[C@H](Oc2c(-c3ccc(O)cc3)oc3cc(O)cc(O)c3c2=O)OC[C@@H](O)[C@H]1O. The maximum Gasteiger partial charge on any atom is 0.331 e. The van der Waals surface area contributed by atoms with Gasteiger partial charge in [-0.25, -0.2) is 4.79 Å². The molecule has 4 aromatic rings. The monoisotopic (exact) mass is 564 g/mol. The Bertz CT molecular complexity index is 1660. The summed E-state index contributed by atoms with van der Waals surface area (Å²) in [6.45, 7) is -0.435. The quantitative estimate of drug-likeness (QED) is 0.148. The maximum absolute atomic E-state index is 13.6. The van der Waals surface area contributed by atoms with Gasteiger partial charge >= 0.3 is 5.97 Å². The zero-order valence-electron chi connectivity index (χ0n) is 21.1. The summed E-state index contributed by atoms with van der Waals surface area (Å²) >= 11 is 0. The molecule has 12 heteroatoms. The van der Waals surface area contributed by atoms with E-state index in [2.05, 4.69) is 0 Å². The average Bonchev–Trinajstić information content (AvgIpc) is 2.93. The molecule has 1 fully saturated rings. The van der Waals surface area contributed by atoms with Crippen LogP contribution in [0.1, 0.15) is 5.56 Å². The highest BCUT2D eigenvalue weighted by Gasteiger charge is 2.44. The van der Waals surface area contributed by atoms with Crippen LogP contribution in [0.3, 0.4) is 0 Å². The number of phenols is 4. The number of carbonyl (C=O) groups excluding carboxylic acids is 1. The Balaban J connectivity index is 1.52. The van der Waals surface area contributed by atoms with E-state index in [1.807, 2.05) is 0 Å². The summed E-state index contributed by atoms with van der Waals surface area (Å²) < 4.78 is 22.5. The van der Waals surface area contributed by atoms with Crippen molar-refractivity contribution in [3.63, 3.8) is 0 Å². The molecule has 2 heterocycles. The Kier molecular flexibility index (Phi) is 7.53. The highest BCUT2D eigenvalue weighted by atomic mass is 16.7. The van der Waals surface area contributed by atoms with Crippen LogP contribution in [0.25, 0.3) is 28.4 Å². The van der Waals surface area contributed by atoms with Crippen LogP contribution in [0.5, 0.6) is 28.7 Å². The van der Waals surface area contributed by atoms with E-state index in [-0.39, 0.29) is 39.5 Å². The second kappa shape index (κ2) is 11.2. The van der Waals surface area contributed by atoms with Crippen molar-refractivity contribution in [2.24, 2.45) is 0 Å². The van der Waals surface area contributed by atoms with Crippen molar-refractivity contribution in [1.82, 2.24) is 0 Å². The van der Waals surface area contributed by atoms with E-state index in [0.717, 1.165) is 18.2 Å². The molecule has 0 radical (unpaired) electrons. The molecule has 1 aliphatic heterocycles. The summed E-state index contributed by atoms with van der Waals surface area (Å²) in [5, 5.41) is 59.9. The number of esters is 1. The molecule has 0 amide bonds. The zero-order valence-corrected chi connectivity index (χ0v) is 21.1. The van der Waals surface area contributed by atoms with E-state index >= 15 is 0 Å². The first kappa shape index (κ1) is 27.5. The summed E-state index contributed by atoms with van der Waals surface area (Å²) in [5.74, 6) is -2.63. The number of benzene rings is 3. The van der Waals surface area contributed by atoms with Gasteiger partial charge in [-0.2, -0.15) is 0 Å². The van der Waals surface area contributed by atoms with Crippen molar-refractivity contribution >= 4 is 23.0 Å². The van der Waals surface area contributed by atoms with E-state index in [0.29, 0.717) is 5.56 Å². The molecule has 0 spiro atoms. The summed E-state index contributed by atoms with van der Waals surface area (Å²) in [4.78, 5) is 26.2. The second-order valence-corrected chi connectivity index (χ2v) is 9.18. The van der Waals surface area contributed by atoms with Gasteiger partial charge in [-0.1, -0.05) is 12.1 Å². The first-order valence-corrected chi connectivity index (χ1v) is 12.2. The summed E-state index contributed by atoms with van der Waals surface area (Å²) in [7, 11) is 0. The van der Waals surface area contributed by atoms with Gasteiger partial charge in [-0.05, 0) is 48.0 Å². The number of carbonyl (C=O) groups is 1. The van der Waals surface area contributed by atoms with Crippen LogP contribution in [-0.2, 0) is 14.3 Å². The third kappa shape index (κ3) is 5.79. The van der Waals surface area contributed by atoms with Gasteiger partial charge < -0.3 is 49.3 Å². The van der Waals surface area contributed by atoms with E-state index in [4.69, 9.17) is 18.6 Å². The third-order valence-corrected chi connectivity index (χ3v) is 6.27. The Morgan fingerprint density at radius 3 is 2.24 bits per heavy atom. The maximum atomic E-state index is 13.6. The predicted octanol–water partition coefficient (Wildman–Crippen LogP) is 2.36. The number of hydrogen-bond acceptors (Lipinski definition) is 12. The minimum atomic E-state index is -1.67. The largest absolute Gasteiger partial charge is 0.508 e. The van der Waals surface area contributed by atoms with E-state index in [9.17, 15) is 40.2 Å². The topological polar surface area (TPSA) is 196 Å². The first-order chi connectivity index (χ1) is 19.6. The summed E-state index contributed by atoms with van der Waals surface area (Å²) in [6.07, 6.45) is -3.92. The summed E-state index contributed by atoms with van der Waals surface area (Å²) in [6, 6.07) is 13.5. The molecule has 0 unspecified atom stereocenters. The fourth-order valence-corrected chi connectivity index (χ4v) is 4.21. The van der Waals surface area contributed by atoms with Crippen LogP contribution in [0.4, 0.5) is 0 Å². The van der Waals surface area contributed by atoms with Crippen LogP contribution in [0, 0.1) is 0 Å². The zero-order chi connectivity index (χ0) is 29.3. The van der Waals surface area contributed by atoms with Crippen LogP contribution in [0.15, 0.2) is 76.0 Å². The lowest BCUT2D eigenvalue weighted by Crippen LogP contribution is -2.56. The van der Waals surface area contributed by atoms with Crippen LogP contribution in [0.2, 0.25) is 0 Å². The van der Waals surface area contributed by atoms with Crippen molar-refractivity contribution in [3.05, 3.63) is 82.5 Å². The van der Waals surface area contributed by atoms with E-state index in [1.165, 1.54) is 42.5 Å². The molecule has 1 saturated heterocycles. The van der Waals surface area contributed by atoms with Crippen LogP contribution >= 0.6 is 0 Å². The molecule has 6 N–H and O–H groups in total. The average molecular weight is 564 g/mol. The molecule has 41 heavy (non-hydrogen) atoms. The van der Waals surface area contributed by atoms with Gasteiger partial charge in [0.15, 0.2) is 11.9 Å². The first-order valence-electron chi connectivity index (χ1n) is 12.2. The number of ether oxygens (including phenoxy) is 3. The molecular weight excluding hydrogens is 540 g/mol. The molecule has 1 aliphatic rings. The molecule has 5 rings (SSSR count). The predicted molar refractivity (Wildman–Crippen MR) is 142 cm³/mol. The molecule has 0 saturated carbocycles. The Labute approximate surface area is 231 Å². The third-order valence-electron chi connectivity index (χ3n) is 6.27. The minimum Gasteiger partial charge on any atom is -0.508 e. The fourth-order valence-electron chi connectivity index (χ4n) is 4.21. The molecule has 3 aromatic carbocycles. The highest BCUT2D eigenvalue weighted by Crippen LogP contribution is 2.37. The summed E-state index contributed by atoms with van der Waals surface area (Å²) in [5.41, 5.74) is -0.244. The number of hydrogen-bond donors (Lipinski definition) is 6. The lowest BCUT2D eigenvalue weighted by Gasteiger charge is -2.37. The van der Waals surface area contributed by atoms with Gasteiger partial charge in [0, 0.05) is 23.8 Å². The Morgan fingerprint density at radius 1 is 0.902 bits per heavy atom. The van der Waals surface area contributed by atoms with E-state index in [1.54, 1.807) is 12.1 Å². The highest BCUT2D eigenvalue weighted by molar-refractivity contribution is 5.88. The number of aromatic hydroxyl groups is 4. The van der Waals surface area contributed by atoms with E-state index < -0.39 is 54.1 Å². The number of phenolic OH excluding ortho intramolecular Hbond substituents is 4. The lowest BCUT2D eigenvalue weighted by atomic mass is 10.0. The van der Waals surface area contributed by atoms with Gasteiger partial charge in [0.1, 0.15) is 46.2 Å². The number of aliphatic hydroxyl groups is 2. The molecule has 12 nitrogen and oxygen atoms in total.